The van der Waals surface area contributed by atoms with Crippen molar-refractivity contribution in [2.45, 2.75) is 6.92 Å². The van der Waals surface area contributed by atoms with Crippen molar-refractivity contribution in [2.24, 2.45) is 0 Å². The Hall–Kier alpha value is 0.380. The minimum Gasteiger partial charge on any atom is -0.780 e. The monoisotopic (exact) mass is 300 g/mol. The molecule has 90 valence electrons. The quantitative estimate of drug-likeness (QED) is 0.311. The molecule has 0 unspecified atom stereocenters. The maximum Gasteiger partial charge on any atom is 1.00 e. The number of aryl methyl sites for hydroxylation is 1. The summed E-state index contributed by atoms with van der Waals surface area (Å²) in [4.78, 5) is 32.0. The Kier molecular flexibility index (Phi) is 7.55. The minimum atomic E-state index is -5.11. The van der Waals surface area contributed by atoms with Crippen LogP contribution in [0.2, 0.25) is 0 Å². The normalized spacial score (nSPS) is 10.5. The van der Waals surface area contributed by atoms with Crippen molar-refractivity contribution in [3.8, 4) is 5.75 Å². The summed E-state index contributed by atoms with van der Waals surface area (Å²) in [6.45, 7) is 1.71. The van der Waals surface area contributed by atoms with Gasteiger partial charge in [-0.05, 0) is 24.6 Å². The average molecular weight is 300 g/mol. The van der Waals surface area contributed by atoms with Crippen molar-refractivity contribution in [3.05, 3.63) is 40.2 Å². The van der Waals surface area contributed by atoms with E-state index in [0.29, 0.717) is 10.9 Å². The average Bonchev–Trinajstić information content (AvgIpc) is 2.13. The first-order valence-corrected chi connectivity index (χ1v) is 6.07. The van der Waals surface area contributed by atoms with Crippen LogP contribution in [0.3, 0.4) is 0 Å². The molecule has 2 aromatic rings. The van der Waals surface area contributed by atoms with Crippen LogP contribution in [-0.2, 0) is 4.57 Å². The third-order valence-electron chi connectivity index (χ3n) is 2.14. The standard InChI is InChI=1S/C10H9O6P.2Na/c1-6-4-10(11)15-9-5-7(2-3-8(6)9)16-17(12,13)14;;/h2-5H,1H3,(H2,12,13,14);;/q;2*+1/p-2. The van der Waals surface area contributed by atoms with Crippen molar-refractivity contribution in [2.75, 3.05) is 0 Å². The first-order valence-electron chi connectivity index (χ1n) is 4.61. The van der Waals surface area contributed by atoms with E-state index in [1.165, 1.54) is 24.3 Å². The zero-order chi connectivity index (χ0) is 12.6. The van der Waals surface area contributed by atoms with E-state index in [0.717, 1.165) is 0 Å². The van der Waals surface area contributed by atoms with Gasteiger partial charge in [0, 0.05) is 17.5 Å². The van der Waals surface area contributed by atoms with Gasteiger partial charge >= 0.3 is 64.7 Å². The zero-order valence-electron chi connectivity index (χ0n) is 10.7. The number of fused-ring (bicyclic) bond motifs is 1. The molecule has 1 aromatic heterocycles. The van der Waals surface area contributed by atoms with Gasteiger partial charge < -0.3 is 23.3 Å². The van der Waals surface area contributed by atoms with E-state index in [2.05, 4.69) is 4.52 Å². The van der Waals surface area contributed by atoms with Crippen molar-refractivity contribution in [1.82, 2.24) is 0 Å². The largest absolute Gasteiger partial charge is 1.00 e. The van der Waals surface area contributed by atoms with Crippen LogP contribution in [0.5, 0.6) is 5.75 Å². The number of phosphoric ester groups is 1. The van der Waals surface area contributed by atoms with Crippen molar-refractivity contribution >= 4 is 18.8 Å². The summed E-state index contributed by atoms with van der Waals surface area (Å²) < 4.78 is 19.5. The Bertz CT molecular complexity index is 677. The van der Waals surface area contributed by atoms with Gasteiger partial charge in [0.05, 0.1) is 0 Å². The van der Waals surface area contributed by atoms with E-state index >= 15 is 0 Å². The van der Waals surface area contributed by atoms with Gasteiger partial charge in [-0.2, -0.15) is 0 Å². The van der Waals surface area contributed by atoms with Gasteiger partial charge in [0.1, 0.15) is 19.2 Å². The predicted molar refractivity (Wildman–Crippen MR) is 55.5 cm³/mol. The number of rotatable bonds is 2. The number of phosphoric acid groups is 1. The molecule has 0 aliphatic heterocycles. The Morgan fingerprint density at radius 2 is 1.84 bits per heavy atom. The molecule has 0 bridgehead atoms. The molecule has 0 saturated heterocycles. The smallest absolute Gasteiger partial charge is 0.780 e. The van der Waals surface area contributed by atoms with Crippen molar-refractivity contribution < 1.29 is 82.4 Å². The van der Waals surface area contributed by atoms with E-state index in [9.17, 15) is 19.1 Å². The van der Waals surface area contributed by atoms with Gasteiger partial charge in [-0.25, -0.2) is 4.79 Å². The second-order valence-corrected chi connectivity index (χ2v) is 4.52. The Balaban J connectivity index is 0.00000162. The summed E-state index contributed by atoms with van der Waals surface area (Å²) in [7, 11) is -5.11. The van der Waals surface area contributed by atoms with Crippen molar-refractivity contribution in [1.29, 1.82) is 0 Å². The Morgan fingerprint density at radius 3 is 2.42 bits per heavy atom. The van der Waals surface area contributed by atoms with Gasteiger partial charge in [0.25, 0.3) is 0 Å². The molecule has 0 amide bonds. The molecular weight excluding hydrogens is 293 g/mol. The van der Waals surface area contributed by atoms with Crippen LogP contribution >= 0.6 is 7.82 Å². The molecule has 0 atom stereocenters. The number of hydrogen-bond donors (Lipinski definition) is 0. The summed E-state index contributed by atoms with van der Waals surface area (Å²) in [5, 5.41) is 0.642. The van der Waals surface area contributed by atoms with E-state index in [1.54, 1.807) is 6.92 Å². The molecule has 19 heavy (non-hydrogen) atoms. The molecule has 1 heterocycles. The summed E-state index contributed by atoms with van der Waals surface area (Å²) in [6.07, 6.45) is 0. The zero-order valence-corrected chi connectivity index (χ0v) is 15.6. The van der Waals surface area contributed by atoms with Gasteiger partial charge in [-0.15, -0.1) is 0 Å². The molecule has 6 nitrogen and oxygen atoms in total. The van der Waals surface area contributed by atoms with E-state index in [1.807, 2.05) is 0 Å². The maximum absolute atomic E-state index is 11.1. The third-order valence-corrected chi connectivity index (χ3v) is 2.57. The summed E-state index contributed by atoms with van der Waals surface area (Å²) in [6, 6.07) is 5.33. The van der Waals surface area contributed by atoms with Crippen molar-refractivity contribution in [3.63, 3.8) is 0 Å². The molecule has 9 heteroatoms. The summed E-state index contributed by atoms with van der Waals surface area (Å²) in [5.41, 5.74) is 0.302. The SMILES string of the molecule is Cc1cc(=O)oc2cc(OP(=O)([O-])[O-])ccc12.[Na+].[Na+]. The summed E-state index contributed by atoms with van der Waals surface area (Å²) in [5.74, 6) is -0.181. The van der Waals surface area contributed by atoms with Gasteiger partial charge in [-0.1, -0.05) is 0 Å². The van der Waals surface area contributed by atoms with Crippen LogP contribution in [0.1, 0.15) is 5.56 Å². The fourth-order valence-electron chi connectivity index (χ4n) is 1.49. The number of hydrogen-bond acceptors (Lipinski definition) is 6. The molecule has 0 saturated carbocycles. The van der Waals surface area contributed by atoms with Crippen LogP contribution in [0.15, 0.2) is 33.5 Å². The first-order chi connectivity index (χ1) is 7.85. The van der Waals surface area contributed by atoms with Gasteiger partial charge in [0.2, 0.25) is 0 Å². The van der Waals surface area contributed by atoms with E-state index in [-0.39, 0.29) is 70.4 Å². The molecule has 1 aromatic carbocycles. The fraction of sp³-hybridized carbons (Fsp3) is 0.100. The van der Waals surface area contributed by atoms with E-state index in [4.69, 9.17) is 4.42 Å². The van der Waals surface area contributed by atoms with E-state index < -0.39 is 13.4 Å². The molecule has 2 rings (SSSR count). The second kappa shape index (κ2) is 7.41. The molecule has 0 radical (unpaired) electrons. The maximum atomic E-state index is 11.1. The Labute approximate surface area is 153 Å². The minimum absolute atomic E-state index is 0. The first kappa shape index (κ1) is 19.4. The van der Waals surface area contributed by atoms with Crippen LogP contribution in [0.4, 0.5) is 0 Å². The number of benzene rings is 1. The Morgan fingerprint density at radius 1 is 1.21 bits per heavy atom. The van der Waals surface area contributed by atoms with Crippen LogP contribution in [0.25, 0.3) is 11.0 Å². The van der Waals surface area contributed by atoms with Gasteiger partial charge in [0.15, 0.2) is 0 Å². The van der Waals surface area contributed by atoms with Crippen LogP contribution in [0, 0.1) is 6.92 Å². The fourth-order valence-corrected chi connectivity index (χ4v) is 1.86. The second-order valence-electron chi connectivity index (χ2n) is 3.44. The van der Waals surface area contributed by atoms with Crippen LogP contribution in [-0.4, -0.2) is 0 Å². The summed E-state index contributed by atoms with van der Waals surface area (Å²) >= 11 is 0. The predicted octanol–water partition coefficient (Wildman–Crippen LogP) is -5.68. The van der Waals surface area contributed by atoms with Crippen LogP contribution < -0.4 is 79.1 Å². The molecule has 0 spiro atoms. The third kappa shape index (κ3) is 5.34. The van der Waals surface area contributed by atoms with Gasteiger partial charge in [-0.3, -0.25) is 0 Å². The molecule has 0 fully saturated rings. The molecule has 0 aliphatic carbocycles. The molecule has 0 N–H and O–H groups in total. The molecule has 0 aliphatic rings. The molecular formula is C10H7Na2O6P. The topological polar surface area (TPSA) is 103 Å².